The lowest BCUT2D eigenvalue weighted by molar-refractivity contribution is 0.0697. The Kier molecular flexibility index (Phi) is 6.60. The van der Waals surface area contributed by atoms with Gasteiger partial charge in [-0.25, -0.2) is 4.79 Å². The molecule has 2 N–H and O–H groups in total. The number of nitrogens with one attached hydrogen (secondary N) is 1. The van der Waals surface area contributed by atoms with Crippen LogP contribution < -0.4 is 15.0 Å². The number of methoxy groups -OCH3 is 1. The average Bonchev–Trinajstić information content (AvgIpc) is 2.66. The van der Waals surface area contributed by atoms with E-state index in [1.54, 1.807) is 43.5 Å². The summed E-state index contributed by atoms with van der Waals surface area (Å²) in [7, 11) is 3.43. The molecule has 0 spiro atoms. The summed E-state index contributed by atoms with van der Waals surface area (Å²) < 4.78 is 5.07. The number of amides is 1. The lowest BCUT2D eigenvalue weighted by atomic mass is 10.1. The van der Waals surface area contributed by atoms with Crippen molar-refractivity contribution in [1.29, 1.82) is 0 Å². The fraction of sp³-hybridized carbons (Fsp3) is 0.300. The van der Waals surface area contributed by atoms with Crippen LogP contribution in [0.15, 0.2) is 42.5 Å². The first-order valence-electron chi connectivity index (χ1n) is 8.50. The Labute approximate surface area is 153 Å². The third-order valence-corrected chi connectivity index (χ3v) is 4.10. The number of carboxylic acids is 1. The minimum atomic E-state index is -1.02. The second kappa shape index (κ2) is 8.89. The van der Waals surface area contributed by atoms with Gasteiger partial charge in [0.05, 0.1) is 18.4 Å². The Morgan fingerprint density at radius 2 is 1.85 bits per heavy atom. The number of carbonyl (C=O) groups is 2. The van der Waals surface area contributed by atoms with Crippen LogP contribution in [0.5, 0.6) is 5.75 Å². The summed E-state index contributed by atoms with van der Waals surface area (Å²) in [5.41, 5.74) is 1.70. The van der Waals surface area contributed by atoms with Crippen LogP contribution in [-0.2, 0) is 0 Å². The Bertz CT molecular complexity index is 772. The van der Waals surface area contributed by atoms with Crippen LogP contribution >= 0.6 is 0 Å². The minimum absolute atomic E-state index is 0.163. The maximum absolute atomic E-state index is 12.3. The van der Waals surface area contributed by atoms with Crippen LogP contribution in [0.1, 0.15) is 40.5 Å². The van der Waals surface area contributed by atoms with Gasteiger partial charge < -0.3 is 20.1 Å². The fourth-order valence-electron chi connectivity index (χ4n) is 2.58. The number of aromatic carboxylic acids is 1. The van der Waals surface area contributed by atoms with Crippen molar-refractivity contribution in [3.8, 4) is 5.75 Å². The van der Waals surface area contributed by atoms with Gasteiger partial charge in [-0.05, 0) is 48.9 Å². The lowest BCUT2D eigenvalue weighted by Crippen LogP contribution is -2.21. The Balaban J connectivity index is 2.20. The number of ether oxygens (including phenoxy) is 1. The molecule has 0 radical (unpaired) electrons. The zero-order chi connectivity index (χ0) is 19.1. The smallest absolute Gasteiger partial charge is 0.337 e. The molecule has 0 saturated carbocycles. The first kappa shape index (κ1) is 19.3. The molecule has 0 aliphatic rings. The van der Waals surface area contributed by atoms with Crippen molar-refractivity contribution in [2.75, 3.05) is 30.9 Å². The van der Waals surface area contributed by atoms with E-state index in [9.17, 15) is 14.7 Å². The molecule has 0 fully saturated rings. The fourth-order valence-corrected chi connectivity index (χ4v) is 2.58. The summed E-state index contributed by atoms with van der Waals surface area (Å²) in [6, 6.07) is 11.6. The molecule has 0 heterocycles. The Hall–Kier alpha value is -3.02. The monoisotopic (exact) mass is 356 g/mol. The Morgan fingerprint density at radius 3 is 2.42 bits per heavy atom. The summed E-state index contributed by atoms with van der Waals surface area (Å²) in [6.45, 7) is 2.86. The molecule has 1 amide bonds. The van der Waals surface area contributed by atoms with E-state index in [1.807, 2.05) is 11.9 Å². The van der Waals surface area contributed by atoms with Crippen molar-refractivity contribution in [3.05, 3.63) is 53.6 Å². The standard InChI is InChI=1S/C20H24N2O4/c1-4-5-12-22(2)18-11-8-15(13-17(18)20(24)25)21-19(23)14-6-9-16(26-3)10-7-14/h6-11,13H,4-5,12H2,1-3H3,(H,21,23)(H,24,25). The summed E-state index contributed by atoms with van der Waals surface area (Å²) >= 11 is 0. The normalized spacial score (nSPS) is 10.3. The van der Waals surface area contributed by atoms with Crippen molar-refractivity contribution in [1.82, 2.24) is 0 Å². The van der Waals surface area contributed by atoms with Crippen LogP contribution in [0.25, 0.3) is 0 Å². The molecule has 2 aromatic rings. The third-order valence-electron chi connectivity index (χ3n) is 4.10. The molecular weight excluding hydrogens is 332 g/mol. The zero-order valence-corrected chi connectivity index (χ0v) is 15.3. The number of nitrogens with zero attached hydrogens (tertiary/aromatic N) is 1. The number of hydrogen-bond donors (Lipinski definition) is 2. The number of benzene rings is 2. The van der Waals surface area contributed by atoms with Crippen molar-refractivity contribution < 1.29 is 19.4 Å². The van der Waals surface area contributed by atoms with Crippen molar-refractivity contribution in [2.45, 2.75) is 19.8 Å². The van der Waals surface area contributed by atoms with Gasteiger partial charge in [0, 0.05) is 24.8 Å². The van der Waals surface area contributed by atoms with Gasteiger partial charge in [-0.3, -0.25) is 4.79 Å². The highest BCUT2D eigenvalue weighted by atomic mass is 16.5. The second-order valence-corrected chi connectivity index (χ2v) is 5.99. The van der Waals surface area contributed by atoms with Crippen molar-refractivity contribution in [3.63, 3.8) is 0 Å². The molecule has 6 nitrogen and oxygen atoms in total. The zero-order valence-electron chi connectivity index (χ0n) is 15.3. The average molecular weight is 356 g/mol. The highest BCUT2D eigenvalue weighted by Gasteiger charge is 2.15. The first-order chi connectivity index (χ1) is 12.5. The summed E-state index contributed by atoms with van der Waals surface area (Å²) in [6.07, 6.45) is 2.01. The van der Waals surface area contributed by atoms with Crippen molar-refractivity contribution >= 4 is 23.3 Å². The van der Waals surface area contributed by atoms with Gasteiger partial charge in [0.1, 0.15) is 5.75 Å². The maximum Gasteiger partial charge on any atom is 0.337 e. The van der Waals surface area contributed by atoms with Gasteiger partial charge in [-0.1, -0.05) is 13.3 Å². The molecule has 2 aromatic carbocycles. The van der Waals surface area contributed by atoms with E-state index in [0.717, 1.165) is 19.4 Å². The minimum Gasteiger partial charge on any atom is -0.497 e. The molecule has 0 atom stereocenters. The molecule has 2 rings (SSSR count). The molecule has 0 aromatic heterocycles. The molecule has 0 aliphatic carbocycles. The highest BCUT2D eigenvalue weighted by Crippen LogP contribution is 2.24. The van der Waals surface area contributed by atoms with Gasteiger partial charge >= 0.3 is 5.97 Å². The van der Waals surface area contributed by atoms with Crippen molar-refractivity contribution in [2.24, 2.45) is 0 Å². The number of carboxylic acid groups (broad SMARTS) is 1. The molecule has 0 bridgehead atoms. The number of rotatable bonds is 8. The SMILES string of the molecule is CCCCN(C)c1ccc(NC(=O)c2ccc(OC)cc2)cc1C(=O)O. The molecule has 0 saturated heterocycles. The van der Waals surface area contributed by atoms with Crippen LogP contribution in [0, 0.1) is 0 Å². The predicted molar refractivity (Wildman–Crippen MR) is 103 cm³/mol. The highest BCUT2D eigenvalue weighted by molar-refractivity contribution is 6.05. The van der Waals surface area contributed by atoms with E-state index in [2.05, 4.69) is 12.2 Å². The molecule has 6 heteroatoms. The van der Waals surface area contributed by atoms with Gasteiger partial charge in [-0.2, -0.15) is 0 Å². The molecular formula is C20H24N2O4. The maximum atomic E-state index is 12.3. The van der Waals surface area contributed by atoms with Crippen LogP contribution in [0.4, 0.5) is 11.4 Å². The second-order valence-electron chi connectivity index (χ2n) is 5.99. The number of carbonyl (C=O) groups excluding carboxylic acids is 1. The number of unbranched alkanes of at least 4 members (excludes halogenated alkanes) is 1. The van der Waals surface area contributed by atoms with E-state index < -0.39 is 5.97 Å². The predicted octanol–water partition coefficient (Wildman–Crippen LogP) is 3.88. The molecule has 26 heavy (non-hydrogen) atoms. The van der Waals surface area contributed by atoms with E-state index in [4.69, 9.17) is 4.74 Å². The van der Waals surface area contributed by atoms with E-state index >= 15 is 0 Å². The quantitative estimate of drug-likeness (QED) is 0.750. The number of hydrogen-bond acceptors (Lipinski definition) is 4. The summed E-state index contributed by atoms with van der Waals surface area (Å²) in [4.78, 5) is 25.9. The topological polar surface area (TPSA) is 78.9 Å². The summed E-state index contributed by atoms with van der Waals surface area (Å²) in [5.74, 6) is -0.672. The van der Waals surface area contributed by atoms with Crippen LogP contribution in [0.2, 0.25) is 0 Å². The largest absolute Gasteiger partial charge is 0.497 e. The molecule has 0 aliphatic heterocycles. The van der Waals surface area contributed by atoms with Crippen LogP contribution in [-0.4, -0.2) is 37.7 Å². The van der Waals surface area contributed by atoms with Gasteiger partial charge in [-0.15, -0.1) is 0 Å². The van der Waals surface area contributed by atoms with Gasteiger partial charge in [0.15, 0.2) is 0 Å². The van der Waals surface area contributed by atoms with Gasteiger partial charge in [0.25, 0.3) is 5.91 Å². The van der Waals surface area contributed by atoms with Gasteiger partial charge in [0.2, 0.25) is 0 Å². The summed E-state index contributed by atoms with van der Waals surface area (Å²) in [5, 5.41) is 12.3. The Morgan fingerprint density at radius 1 is 1.15 bits per heavy atom. The first-order valence-corrected chi connectivity index (χ1v) is 8.50. The molecule has 0 unspecified atom stereocenters. The van der Waals surface area contributed by atoms with E-state index in [0.29, 0.717) is 22.7 Å². The van der Waals surface area contributed by atoms with E-state index in [1.165, 1.54) is 6.07 Å². The number of anilines is 2. The molecule has 138 valence electrons. The third kappa shape index (κ3) is 4.75. The lowest BCUT2D eigenvalue weighted by Gasteiger charge is -2.21. The van der Waals surface area contributed by atoms with Crippen LogP contribution in [0.3, 0.4) is 0 Å². The van der Waals surface area contributed by atoms with E-state index in [-0.39, 0.29) is 11.5 Å².